The number of rotatable bonds is 4. The molecule has 1 rings (SSSR count). The molecule has 14 heavy (non-hydrogen) atoms. The highest BCUT2D eigenvalue weighted by atomic mass is 16.5. The number of aromatic nitrogens is 2. The van der Waals surface area contributed by atoms with Crippen molar-refractivity contribution in [2.75, 3.05) is 12.4 Å². The largest absolute Gasteiger partial charge is 0.481 e. The van der Waals surface area contributed by atoms with Gasteiger partial charge in [-0.2, -0.15) is 5.10 Å². The Morgan fingerprint density at radius 2 is 2.50 bits per heavy atom. The molecule has 1 atom stereocenters. The van der Waals surface area contributed by atoms with Gasteiger partial charge >= 0.3 is 0 Å². The van der Waals surface area contributed by atoms with Crippen LogP contribution in [0.5, 0.6) is 5.88 Å². The maximum Gasteiger partial charge on any atom is 0.213 e. The third-order valence-corrected chi connectivity index (χ3v) is 1.98. The standard InChI is InChI=1S/C10H15N3O/c1-5-8(6-2)11-9-7-10(14-4)13(3)12-9/h1,7-8H,6H2,2-4H3,(H,11,12). The summed E-state index contributed by atoms with van der Waals surface area (Å²) in [5.74, 6) is 4.10. The number of nitrogens with zero attached hydrogens (tertiary/aromatic N) is 2. The lowest BCUT2D eigenvalue weighted by atomic mass is 10.2. The van der Waals surface area contributed by atoms with E-state index in [1.165, 1.54) is 0 Å². The number of anilines is 1. The first-order valence-electron chi connectivity index (χ1n) is 4.52. The van der Waals surface area contributed by atoms with Crippen LogP contribution in [0.25, 0.3) is 0 Å². The van der Waals surface area contributed by atoms with Crippen molar-refractivity contribution in [2.24, 2.45) is 7.05 Å². The minimum absolute atomic E-state index is 0.0228. The summed E-state index contributed by atoms with van der Waals surface area (Å²) >= 11 is 0. The van der Waals surface area contributed by atoms with Gasteiger partial charge in [-0.1, -0.05) is 12.8 Å². The summed E-state index contributed by atoms with van der Waals surface area (Å²) in [5.41, 5.74) is 0. The number of aryl methyl sites for hydroxylation is 1. The number of ether oxygens (including phenoxy) is 1. The zero-order valence-corrected chi connectivity index (χ0v) is 8.74. The predicted octanol–water partition coefficient (Wildman–Crippen LogP) is 1.25. The van der Waals surface area contributed by atoms with Gasteiger partial charge in [0.05, 0.1) is 13.2 Å². The van der Waals surface area contributed by atoms with Crippen LogP contribution in [0, 0.1) is 12.3 Å². The summed E-state index contributed by atoms with van der Waals surface area (Å²) in [6.07, 6.45) is 6.20. The Bertz CT molecular complexity index is 338. The van der Waals surface area contributed by atoms with Crippen LogP contribution in [0.2, 0.25) is 0 Å². The highest BCUT2D eigenvalue weighted by Gasteiger charge is 2.07. The van der Waals surface area contributed by atoms with E-state index in [0.717, 1.165) is 12.2 Å². The Morgan fingerprint density at radius 1 is 1.79 bits per heavy atom. The van der Waals surface area contributed by atoms with Gasteiger partial charge in [-0.25, -0.2) is 4.68 Å². The van der Waals surface area contributed by atoms with Gasteiger partial charge in [0.15, 0.2) is 5.82 Å². The van der Waals surface area contributed by atoms with Gasteiger partial charge in [-0.05, 0) is 6.42 Å². The molecular formula is C10H15N3O. The molecule has 1 heterocycles. The maximum atomic E-state index is 5.33. The normalized spacial score (nSPS) is 11.9. The van der Waals surface area contributed by atoms with Gasteiger partial charge in [0.2, 0.25) is 5.88 Å². The summed E-state index contributed by atoms with van der Waals surface area (Å²) in [4.78, 5) is 0. The highest BCUT2D eigenvalue weighted by molar-refractivity contribution is 5.41. The fourth-order valence-electron chi connectivity index (χ4n) is 1.15. The molecule has 1 unspecified atom stereocenters. The fraction of sp³-hybridized carbons (Fsp3) is 0.500. The molecule has 1 aromatic heterocycles. The molecule has 0 aliphatic rings. The average molecular weight is 193 g/mol. The van der Waals surface area contributed by atoms with Crippen molar-refractivity contribution in [3.05, 3.63) is 6.07 Å². The second-order valence-corrected chi connectivity index (χ2v) is 2.97. The van der Waals surface area contributed by atoms with Crippen molar-refractivity contribution in [2.45, 2.75) is 19.4 Å². The number of nitrogens with one attached hydrogen (secondary N) is 1. The van der Waals surface area contributed by atoms with Crippen molar-refractivity contribution in [3.8, 4) is 18.2 Å². The van der Waals surface area contributed by atoms with Crippen molar-refractivity contribution >= 4 is 5.82 Å². The Morgan fingerprint density at radius 3 is 2.93 bits per heavy atom. The predicted molar refractivity (Wildman–Crippen MR) is 56.3 cm³/mol. The van der Waals surface area contributed by atoms with E-state index in [1.807, 2.05) is 20.0 Å². The minimum Gasteiger partial charge on any atom is -0.481 e. The lowest BCUT2D eigenvalue weighted by molar-refractivity contribution is 0.373. The molecule has 0 spiro atoms. The fourth-order valence-corrected chi connectivity index (χ4v) is 1.15. The van der Waals surface area contributed by atoms with Gasteiger partial charge in [0.25, 0.3) is 0 Å². The van der Waals surface area contributed by atoms with Crippen LogP contribution in [-0.2, 0) is 7.05 Å². The maximum absolute atomic E-state index is 5.33. The van der Waals surface area contributed by atoms with Crippen LogP contribution in [0.3, 0.4) is 0 Å². The van der Waals surface area contributed by atoms with E-state index in [1.54, 1.807) is 11.8 Å². The van der Waals surface area contributed by atoms with Crippen molar-refractivity contribution in [3.63, 3.8) is 0 Å². The molecule has 1 aromatic rings. The van der Waals surface area contributed by atoms with E-state index in [2.05, 4.69) is 16.3 Å². The van der Waals surface area contributed by atoms with Gasteiger partial charge in [-0.15, -0.1) is 6.42 Å². The summed E-state index contributed by atoms with van der Waals surface area (Å²) in [6.45, 7) is 2.03. The monoisotopic (exact) mass is 193 g/mol. The zero-order valence-electron chi connectivity index (χ0n) is 8.74. The third kappa shape index (κ3) is 2.19. The van der Waals surface area contributed by atoms with Crippen molar-refractivity contribution in [1.29, 1.82) is 0 Å². The average Bonchev–Trinajstić information content (AvgIpc) is 2.55. The molecule has 0 aliphatic carbocycles. The number of methoxy groups -OCH3 is 1. The summed E-state index contributed by atoms with van der Waals surface area (Å²) in [7, 11) is 3.43. The van der Waals surface area contributed by atoms with E-state index in [4.69, 9.17) is 11.2 Å². The lowest BCUT2D eigenvalue weighted by Crippen LogP contribution is -2.16. The molecule has 0 aliphatic heterocycles. The van der Waals surface area contributed by atoms with Crippen LogP contribution < -0.4 is 10.1 Å². The van der Waals surface area contributed by atoms with Gasteiger partial charge < -0.3 is 10.1 Å². The summed E-state index contributed by atoms with van der Waals surface area (Å²) < 4.78 is 6.74. The third-order valence-electron chi connectivity index (χ3n) is 1.98. The Balaban J connectivity index is 2.73. The van der Waals surface area contributed by atoms with Crippen molar-refractivity contribution < 1.29 is 4.74 Å². The highest BCUT2D eigenvalue weighted by Crippen LogP contribution is 2.16. The summed E-state index contributed by atoms with van der Waals surface area (Å²) in [5, 5.41) is 7.33. The molecule has 0 saturated heterocycles. The smallest absolute Gasteiger partial charge is 0.213 e. The topological polar surface area (TPSA) is 39.1 Å². The molecule has 4 heteroatoms. The second-order valence-electron chi connectivity index (χ2n) is 2.97. The van der Waals surface area contributed by atoms with Gasteiger partial charge in [-0.3, -0.25) is 0 Å². The first kappa shape index (κ1) is 10.5. The van der Waals surface area contributed by atoms with E-state index in [9.17, 15) is 0 Å². The molecule has 0 radical (unpaired) electrons. The molecule has 76 valence electrons. The van der Waals surface area contributed by atoms with Crippen molar-refractivity contribution in [1.82, 2.24) is 9.78 Å². The van der Waals surface area contributed by atoms with Gasteiger partial charge in [0, 0.05) is 13.1 Å². The van der Waals surface area contributed by atoms with Crippen LogP contribution in [0.1, 0.15) is 13.3 Å². The van der Waals surface area contributed by atoms with Crippen LogP contribution >= 0.6 is 0 Å². The van der Waals surface area contributed by atoms with Crippen LogP contribution in [-0.4, -0.2) is 22.9 Å². The van der Waals surface area contributed by atoms with E-state index in [0.29, 0.717) is 5.88 Å². The Hall–Kier alpha value is -1.63. The zero-order chi connectivity index (χ0) is 10.6. The quantitative estimate of drug-likeness (QED) is 0.731. The Labute approximate surface area is 84.3 Å². The van der Waals surface area contributed by atoms with Crippen LogP contribution in [0.15, 0.2) is 6.07 Å². The first-order chi connectivity index (χ1) is 6.71. The molecule has 0 saturated carbocycles. The molecule has 1 N–H and O–H groups in total. The van der Waals surface area contributed by atoms with Gasteiger partial charge in [0.1, 0.15) is 0 Å². The SMILES string of the molecule is C#CC(CC)Nc1cc(OC)n(C)n1. The lowest BCUT2D eigenvalue weighted by Gasteiger charge is -2.07. The molecule has 0 bridgehead atoms. The number of hydrogen-bond acceptors (Lipinski definition) is 3. The summed E-state index contributed by atoms with van der Waals surface area (Å²) in [6, 6.07) is 1.84. The molecule has 0 amide bonds. The van der Waals surface area contributed by atoms with E-state index < -0.39 is 0 Å². The van der Waals surface area contributed by atoms with E-state index >= 15 is 0 Å². The van der Waals surface area contributed by atoms with Crippen LogP contribution in [0.4, 0.5) is 5.82 Å². The second kappa shape index (κ2) is 4.56. The first-order valence-corrected chi connectivity index (χ1v) is 4.52. The molecule has 4 nitrogen and oxygen atoms in total. The molecule has 0 aromatic carbocycles. The molecule has 0 fully saturated rings. The number of terminal acetylenes is 1. The minimum atomic E-state index is 0.0228. The van der Waals surface area contributed by atoms with E-state index in [-0.39, 0.29) is 6.04 Å². The number of hydrogen-bond donors (Lipinski definition) is 1. The molecular weight excluding hydrogens is 178 g/mol. The Kier molecular flexibility index (Phi) is 3.41.